The highest BCUT2D eigenvalue weighted by atomic mass is 19.4. The molecule has 1 aliphatic rings. The number of hydrogen-bond acceptors (Lipinski definition) is 8. The third kappa shape index (κ3) is 7.98. The predicted octanol–water partition coefficient (Wildman–Crippen LogP) is 7.84. The van der Waals surface area contributed by atoms with Gasteiger partial charge >= 0.3 is 12.1 Å². The van der Waals surface area contributed by atoms with Gasteiger partial charge in [-0.3, -0.25) is 9.69 Å². The van der Waals surface area contributed by atoms with Gasteiger partial charge in [0, 0.05) is 37.3 Å². The molecule has 0 aliphatic carbocycles. The van der Waals surface area contributed by atoms with Crippen LogP contribution in [-0.2, 0) is 24.1 Å². The Morgan fingerprint density at radius 2 is 1.79 bits per heavy atom. The second kappa shape index (κ2) is 15.6. The van der Waals surface area contributed by atoms with Gasteiger partial charge in [-0.05, 0) is 96.1 Å². The number of aliphatic hydroxyl groups excluding tert-OH is 1. The van der Waals surface area contributed by atoms with Crippen molar-refractivity contribution < 1.29 is 37.3 Å². The van der Waals surface area contributed by atoms with E-state index < -0.39 is 23.6 Å². The Balaban J connectivity index is 1.32. The van der Waals surface area contributed by atoms with Crippen molar-refractivity contribution in [3.8, 4) is 34.4 Å². The zero-order chi connectivity index (χ0) is 37.9. The summed E-state index contributed by atoms with van der Waals surface area (Å²) in [6.45, 7) is 5.67. The molecule has 9 nitrogen and oxygen atoms in total. The molecular weight excluding hydrogens is 685 g/mol. The molecule has 0 bridgehead atoms. The molecular formula is C41H39F3N4O5. The Morgan fingerprint density at radius 3 is 2.47 bits per heavy atom. The van der Waals surface area contributed by atoms with Gasteiger partial charge in [-0.25, -0.2) is 4.98 Å². The van der Waals surface area contributed by atoms with Crippen molar-refractivity contribution in [1.29, 1.82) is 5.26 Å². The minimum absolute atomic E-state index is 0.0380. The average molecular weight is 725 g/mol. The summed E-state index contributed by atoms with van der Waals surface area (Å²) in [6, 6.07) is 19.7. The summed E-state index contributed by atoms with van der Waals surface area (Å²) < 4.78 is 54.3. The number of oxazole rings is 1. The lowest BCUT2D eigenvalue weighted by atomic mass is 9.91. The molecule has 0 unspecified atom stereocenters. The van der Waals surface area contributed by atoms with E-state index in [9.17, 15) is 28.3 Å². The maximum Gasteiger partial charge on any atom is 0.417 e. The number of aromatic nitrogens is 1. The molecule has 1 atom stereocenters. The summed E-state index contributed by atoms with van der Waals surface area (Å²) in [4.78, 5) is 18.3. The summed E-state index contributed by atoms with van der Waals surface area (Å²) in [6.07, 6.45) is -0.916. The summed E-state index contributed by atoms with van der Waals surface area (Å²) in [5.74, 6) is -0.556. The standard InChI is InChI=1S/C41H39F3N4O5/c1-24-27(10-11-28-19-37(52-3)31(21-46-13-15-49)18-35(28)41(42,43)44)6-4-7-32(24)33-8-5-9-34(25(33)2)39-47-36-17-26(16-30(20-45)38(36)53-39)22-48-14-12-29(23-48)40(50)51/h4-11,16-19,29,46,49H,12-15,21-23H2,1-3H3,(H,50,51)/b11-10+/t29-/m1/s1. The van der Waals surface area contributed by atoms with Gasteiger partial charge in [-0.2, -0.15) is 18.4 Å². The first-order valence-electron chi connectivity index (χ1n) is 17.2. The topological polar surface area (TPSA) is 132 Å². The van der Waals surface area contributed by atoms with Gasteiger partial charge in [0.2, 0.25) is 5.89 Å². The summed E-state index contributed by atoms with van der Waals surface area (Å²) in [5.41, 5.74) is 6.54. The number of halogens is 3. The molecule has 1 saturated heterocycles. The fourth-order valence-corrected chi connectivity index (χ4v) is 6.94. The molecule has 1 aromatic heterocycles. The van der Waals surface area contributed by atoms with Crippen LogP contribution in [0.1, 0.15) is 50.9 Å². The maximum atomic E-state index is 14.2. The lowest BCUT2D eigenvalue weighted by molar-refractivity contribution is -0.141. The quantitative estimate of drug-likeness (QED) is 0.0870. The largest absolute Gasteiger partial charge is 0.496 e. The van der Waals surface area contributed by atoms with E-state index >= 15 is 0 Å². The SMILES string of the molecule is COc1cc(/C=C/c2cccc(-c3cccc(-c4nc5cc(CN6CC[C@@H](C(=O)O)C6)cc(C#N)c5o4)c3C)c2C)c(C(F)(F)F)cc1CNCCO. The van der Waals surface area contributed by atoms with Crippen LogP contribution in [0.25, 0.3) is 45.8 Å². The van der Waals surface area contributed by atoms with E-state index in [1.54, 1.807) is 12.1 Å². The molecule has 4 aromatic carbocycles. The lowest BCUT2D eigenvalue weighted by Gasteiger charge is -2.17. The molecule has 1 fully saturated rings. The van der Waals surface area contributed by atoms with Crippen LogP contribution in [-0.4, -0.2) is 59.4 Å². The highest BCUT2D eigenvalue weighted by Crippen LogP contribution is 2.39. The number of likely N-dealkylation sites (tertiary alicyclic amines) is 1. The molecule has 0 radical (unpaired) electrons. The summed E-state index contributed by atoms with van der Waals surface area (Å²) >= 11 is 0. The van der Waals surface area contributed by atoms with Gasteiger partial charge in [0.15, 0.2) is 5.58 Å². The monoisotopic (exact) mass is 724 g/mol. The number of carboxylic acids is 1. The van der Waals surface area contributed by atoms with Gasteiger partial charge in [0.1, 0.15) is 17.3 Å². The van der Waals surface area contributed by atoms with E-state index in [2.05, 4.69) is 16.3 Å². The zero-order valence-corrected chi connectivity index (χ0v) is 29.6. The van der Waals surface area contributed by atoms with Crippen molar-refractivity contribution in [2.45, 2.75) is 39.5 Å². The van der Waals surface area contributed by atoms with Crippen molar-refractivity contribution in [3.63, 3.8) is 0 Å². The Kier molecular flexibility index (Phi) is 11.0. The van der Waals surface area contributed by atoms with Crippen LogP contribution >= 0.6 is 0 Å². The number of carbonyl (C=O) groups is 1. The van der Waals surface area contributed by atoms with Crippen LogP contribution in [0.2, 0.25) is 0 Å². The molecule has 2 heterocycles. The van der Waals surface area contributed by atoms with Crippen molar-refractivity contribution in [2.75, 3.05) is 33.4 Å². The van der Waals surface area contributed by atoms with Crippen LogP contribution in [0.3, 0.4) is 0 Å². The number of aliphatic hydroxyl groups is 1. The third-order valence-electron chi connectivity index (χ3n) is 9.73. The number of ether oxygens (including phenoxy) is 1. The molecule has 3 N–H and O–H groups in total. The highest BCUT2D eigenvalue weighted by molar-refractivity contribution is 5.85. The van der Waals surface area contributed by atoms with E-state index in [0.717, 1.165) is 45.0 Å². The first kappa shape index (κ1) is 37.3. The average Bonchev–Trinajstić information content (AvgIpc) is 3.78. The first-order valence-corrected chi connectivity index (χ1v) is 17.2. The maximum absolute atomic E-state index is 14.2. The van der Waals surface area contributed by atoms with E-state index in [1.165, 1.54) is 19.3 Å². The Labute approximate surface area is 305 Å². The molecule has 274 valence electrons. The summed E-state index contributed by atoms with van der Waals surface area (Å²) in [7, 11) is 1.41. The van der Waals surface area contributed by atoms with Crippen LogP contribution in [0.15, 0.2) is 65.1 Å². The number of hydrogen-bond donors (Lipinski definition) is 3. The summed E-state index contributed by atoms with van der Waals surface area (Å²) in [5, 5.41) is 31.3. The number of nitriles is 1. The molecule has 6 rings (SSSR count). The minimum Gasteiger partial charge on any atom is -0.496 e. The molecule has 0 spiro atoms. The number of fused-ring (bicyclic) bond motifs is 1. The van der Waals surface area contributed by atoms with Crippen molar-refractivity contribution in [1.82, 2.24) is 15.2 Å². The zero-order valence-electron chi connectivity index (χ0n) is 29.6. The van der Waals surface area contributed by atoms with Gasteiger partial charge in [-0.15, -0.1) is 0 Å². The normalized spacial score (nSPS) is 15.0. The Bertz CT molecular complexity index is 2240. The Hall–Kier alpha value is -5.48. The predicted molar refractivity (Wildman–Crippen MR) is 196 cm³/mol. The minimum atomic E-state index is -4.61. The second-order valence-electron chi connectivity index (χ2n) is 13.2. The molecule has 5 aromatic rings. The van der Waals surface area contributed by atoms with E-state index in [1.807, 2.05) is 56.3 Å². The van der Waals surface area contributed by atoms with Crippen molar-refractivity contribution >= 4 is 29.2 Å². The van der Waals surface area contributed by atoms with E-state index in [0.29, 0.717) is 59.9 Å². The molecule has 53 heavy (non-hydrogen) atoms. The number of nitrogens with one attached hydrogen (secondary N) is 1. The van der Waals surface area contributed by atoms with Crippen LogP contribution < -0.4 is 10.1 Å². The number of methoxy groups -OCH3 is 1. The van der Waals surface area contributed by atoms with Gasteiger partial charge in [-0.1, -0.05) is 42.5 Å². The first-order chi connectivity index (χ1) is 25.4. The van der Waals surface area contributed by atoms with Crippen LogP contribution in [0.5, 0.6) is 5.75 Å². The highest BCUT2D eigenvalue weighted by Gasteiger charge is 2.34. The van der Waals surface area contributed by atoms with Gasteiger partial charge in [0.05, 0.1) is 30.8 Å². The number of carboxylic acid groups (broad SMARTS) is 1. The lowest BCUT2D eigenvalue weighted by Crippen LogP contribution is -2.22. The molecule has 12 heteroatoms. The van der Waals surface area contributed by atoms with E-state index in [-0.39, 0.29) is 25.3 Å². The smallest absolute Gasteiger partial charge is 0.417 e. The number of rotatable bonds is 12. The number of alkyl halides is 3. The number of aliphatic carboxylic acids is 1. The molecule has 0 amide bonds. The van der Waals surface area contributed by atoms with Crippen molar-refractivity contribution in [3.05, 3.63) is 105 Å². The second-order valence-corrected chi connectivity index (χ2v) is 13.2. The van der Waals surface area contributed by atoms with Crippen LogP contribution in [0.4, 0.5) is 13.2 Å². The number of benzene rings is 4. The fourth-order valence-electron chi connectivity index (χ4n) is 6.94. The van der Waals surface area contributed by atoms with Gasteiger partial charge < -0.3 is 24.7 Å². The fraction of sp³-hybridized carbons (Fsp3) is 0.293. The van der Waals surface area contributed by atoms with Crippen molar-refractivity contribution in [2.24, 2.45) is 5.92 Å². The Morgan fingerprint density at radius 1 is 1.08 bits per heavy atom. The van der Waals surface area contributed by atoms with E-state index in [4.69, 9.17) is 19.2 Å². The van der Waals surface area contributed by atoms with Gasteiger partial charge in [0.25, 0.3) is 0 Å². The number of nitrogens with zero attached hydrogens (tertiary/aromatic N) is 3. The molecule has 1 aliphatic heterocycles. The molecule has 0 saturated carbocycles. The third-order valence-corrected chi connectivity index (χ3v) is 9.73. The van der Waals surface area contributed by atoms with Crippen LogP contribution in [0, 0.1) is 31.1 Å².